The van der Waals surface area contributed by atoms with Crippen LogP contribution in [0.2, 0.25) is 0 Å². The molecular formula is C15H25N3O. The molecule has 106 valence electrons. The molecule has 1 aromatic rings. The van der Waals surface area contributed by atoms with Gasteiger partial charge in [-0.05, 0) is 12.8 Å². The summed E-state index contributed by atoms with van der Waals surface area (Å²) in [6.45, 7) is 10.7. The molecule has 4 heteroatoms. The summed E-state index contributed by atoms with van der Waals surface area (Å²) < 4.78 is 5.31. The molecule has 19 heavy (non-hydrogen) atoms. The number of nitrogens with one attached hydrogen (secondary N) is 1. The molecule has 1 aliphatic heterocycles. The Bertz CT molecular complexity index is 420. The maximum atomic E-state index is 5.31. The fourth-order valence-corrected chi connectivity index (χ4v) is 2.56. The van der Waals surface area contributed by atoms with Gasteiger partial charge in [0.15, 0.2) is 0 Å². The fraction of sp³-hybridized carbons (Fsp3) is 0.667. The van der Waals surface area contributed by atoms with Crippen molar-refractivity contribution in [2.24, 2.45) is 5.92 Å². The fourth-order valence-electron chi connectivity index (χ4n) is 2.56. The number of aromatic nitrogens is 1. The zero-order valence-electron chi connectivity index (χ0n) is 12.4. The lowest BCUT2D eigenvalue weighted by molar-refractivity contribution is 0.167. The Morgan fingerprint density at radius 1 is 1.47 bits per heavy atom. The molecule has 0 aliphatic carbocycles. The molecule has 0 saturated carbocycles. The van der Waals surface area contributed by atoms with Gasteiger partial charge < -0.3 is 10.1 Å². The van der Waals surface area contributed by atoms with Crippen LogP contribution >= 0.6 is 0 Å². The Morgan fingerprint density at radius 2 is 2.26 bits per heavy atom. The van der Waals surface area contributed by atoms with Gasteiger partial charge in [-0.1, -0.05) is 13.8 Å². The maximum Gasteiger partial charge on any atom is 0.122 e. The van der Waals surface area contributed by atoms with Crippen molar-refractivity contribution in [2.45, 2.75) is 33.4 Å². The zero-order chi connectivity index (χ0) is 13.8. The highest BCUT2D eigenvalue weighted by molar-refractivity contribution is 5.26. The van der Waals surface area contributed by atoms with Gasteiger partial charge in [0.1, 0.15) is 5.75 Å². The minimum Gasteiger partial charge on any atom is -0.497 e. The summed E-state index contributed by atoms with van der Waals surface area (Å²) >= 11 is 0. The van der Waals surface area contributed by atoms with Crippen molar-refractivity contribution in [1.29, 1.82) is 0 Å². The van der Waals surface area contributed by atoms with E-state index in [1.54, 1.807) is 7.11 Å². The van der Waals surface area contributed by atoms with E-state index in [-0.39, 0.29) is 0 Å². The molecule has 1 N–H and O–H groups in total. The molecule has 1 atom stereocenters. The van der Waals surface area contributed by atoms with Gasteiger partial charge in [-0.15, -0.1) is 0 Å². The molecule has 1 aliphatic rings. The van der Waals surface area contributed by atoms with Gasteiger partial charge >= 0.3 is 0 Å². The van der Waals surface area contributed by atoms with Crippen molar-refractivity contribution in [3.05, 3.63) is 23.5 Å². The normalized spacial score (nSPS) is 20.8. The Morgan fingerprint density at radius 3 is 2.95 bits per heavy atom. The minimum absolute atomic E-state index is 0.584. The Hall–Kier alpha value is -1.13. The van der Waals surface area contributed by atoms with E-state index in [2.05, 4.69) is 29.0 Å². The van der Waals surface area contributed by atoms with Crippen molar-refractivity contribution in [2.75, 3.05) is 26.7 Å². The van der Waals surface area contributed by atoms with Gasteiger partial charge in [0.2, 0.25) is 0 Å². The summed E-state index contributed by atoms with van der Waals surface area (Å²) in [5, 5.41) is 3.58. The number of pyridine rings is 1. The van der Waals surface area contributed by atoms with Crippen LogP contribution in [0.15, 0.2) is 12.1 Å². The average Bonchev–Trinajstić information content (AvgIpc) is 2.38. The first kappa shape index (κ1) is 14.3. The second kappa shape index (κ2) is 6.35. The van der Waals surface area contributed by atoms with Gasteiger partial charge in [-0.25, -0.2) is 0 Å². The van der Waals surface area contributed by atoms with E-state index < -0.39 is 0 Å². The molecule has 2 rings (SSSR count). The molecule has 0 amide bonds. The van der Waals surface area contributed by atoms with Crippen molar-refractivity contribution in [3.8, 4) is 5.75 Å². The average molecular weight is 263 g/mol. The molecule has 0 spiro atoms. The van der Waals surface area contributed by atoms with Crippen molar-refractivity contribution < 1.29 is 4.74 Å². The molecule has 2 heterocycles. The lowest BCUT2D eigenvalue weighted by Gasteiger charge is -2.35. The summed E-state index contributed by atoms with van der Waals surface area (Å²) in [5.41, 5.74) is 2.12. The van der Waals surface area contributed by atoms with Crippen LogP contribution in [0.25, 0.3) is 0 Å². The van der Waals surface area contributed by atoms with Gasteiger partial charge in [0.25, 0.3) is 0 Å². The summed E-state index contributed by atoms with van der Waals surface area (Å²) in [7, 11) is 1.71. The third-order valence-electron chi connectivity index (χ3n) is 3.70. The Labute approximate surface area is 116 Å². The van der Waals surface area contributed by atoms with Crippen molar-refractivity contribution in [1.82, 2.24) is 15.2 Å². The predicted octanol–water partition coefficient (Wildman–Crippen LogP) is 1.83. The molecule has 0 aromatic carbocycles. The number of piperazine rings is 1. The third kappa shape index (κ3) is 3.91. The molecule has 4 nitrogen and oxygen atoms in total. The number of rotatable bonds is 4. The number of aryl methyl sites for hydroxylation is 1. The van der Waals surface area contributed by atoms with Gasteiger partial charge in [0, 0.05) is 50.0 Å². The largest absolute Gasteiger partial charge is 0.497 e. The van der Waals surface area contributed by atoms with E-state index >= 15 is 0 Å². The molecule has 1 aromatic heterocycles. The second-order valence-electron chi connectivity index (χ2n) is 5.68. The molecule has 1 unspecified atom stereocenters. The first-order chi connectivity index (χ1) is 9.08. The molecule has 0 bridgehead atoms. The highest BCUT2D eigenvalue weighted by Gasteiger charge is 2.22. The second-order valence-corrected chi connectivity index (χ2v) is 5.68. The van der Waals surface area contributed by atoms with Crippen LogP contribution in [0.3, 0.4) is 0 Å². The SMILES string of the molecule is COc1cc(C)nc(CN2CCNC(C(C)C)C2)c1. The summed E-state index contributed by atoms with van der Waals surface area (Å²) in [4.78, 5) is 7.08. The smallest absolute Gasteiger partial charge is 0.122 e. The third-order valence-corrected chi connectivity index (χ3v) is 3.70. The lowest BCUT2D eigenvalue weighted by atomic mass is 10.0. The molecule has 1 fully saturated rings. The number of nitrogens with zero attached hydrogens (tertiary/aromatic N) is 2. The van der Waals surface area contributed by atoms with E-state index in [1.165, 1.54) is 0 Å². The lowest BCUT2D eigenvalue weighted by Crippen LogP contribution is -2.52. The van der Waals surface area contributed by atoms with Crippen LogP contribution in [0.5, 0.6) is 5.75 Å². The van der Waals surface area contributed by atoms with Crippen LogP contribution in [0, 0.1) is 12.8 Å². The standard InChI is InChI=1S/C15H25N3O/c1-11(2)15-10-18(6-5-16-15)9-13-8-14(19-4)7-12(3)17-13/h7-8,11,15-16H,5-6,9-10H2,1-4H3. The number of ether oxygens (including phenoxy) is 1. The Balaban J connectivity index is 2.02. The number of hydrogen-bond donors (Lipinski definition) is 1. The van der Waals surface area contributed by atoms with Gasteiger partial charge in [-0.3, -0.25) is 9.88 Å². The first-order valence-corrected chi connectivity index (χ1v) is 7.06. The van der Waals surface area contributed by atoms with Crippen LogP contribution in [-0.4, -0.2) is 42.7 Å². The van der Waals surface area contributed by atoms with E-state index in [0.29, 0.717) is 12.0 Å². The minimum atomic E-state index is 0.584. The topological polar surface area (TPSA) is 37.4 Å². The van der Waals surface area contributed by atoms with Crippen LogP contribution in [0.4, 0.5) is 0 Å². The highest BCUT2D eigenvalue weighted by Crippen LogP contribution is 2.16. The highest BCUT2D eigenvalue weighted by atomic mass is 16.5. The Kier molecular flexibility index (Phi) is 4.77. The number of methoxy groups -OCH3 is 1. The summed E-state index contributed by atoms with van der Waals surface area (Å²) in [5.74, 6) is 1.57. The van der Waals surface area contributed by atoms with Crippen LogP contribution < -0.4 is 10.1 Å². The van der Waals surface area contributed by atoms with Crippen LogP contribution in [0.1, 0.15) is 25.2 Å². The predicted molar refractivity (Wildman–Crippen MR) is 77.4 cm³/mol. The maximum absolute atomic E-state index is 5.31. The van der Waals surface area contributed by atoms with Crippen LogP contribution in [-0.2, 0) is 6.54 Å². The number of hydrogen-bond acceptors (Lipinski definition) is 4. The van der Waals surface area contributed by atoms with E-state index in [0.717, 1.165) is 43.3 Å². The molecular weight excluding hydrogens is 238 g/mol. The summed E-state index contributed by atoms with van der Waals surface area (Å²) in [6, 6.07) is 4.60. The quantitative estimate of drug-likeness (QED) is 0.899. The first-order valence-electron chi connectivity index (χ1n) is 7.06. The summed E-state index contributed by atoms with van der Waals surface area (Å²) in [6.07, 6.45) is 0. The monoisotopic (exact) mass is 263 g/mol. The van der Waals surface area contributed by atoms with Crippen molar-refractivity contribution >= 4 is 0 Å². The zero-order valence-corrected chi connectivity index (χ0v) is 12.4. The van der Waals surface area contributed by atoms with Gasteiger partial charge in [-0.2, -0.15) is 0 Å². The van der Waals surface area contributed by atoms with Gasteiger partial charge in [0.05, 0.1) is 12.8 Å². The van der Waals surface area contributed by atoms with E-state index in [9.17, 15) is 0 Å². The van der Waals surface area contributed by atoms with E-state index in [1.807, 2.05) is 19.1 Å². The van der Waals surface area contributed by atoms with E-state index in [4.69, 9.17) is 4.74 Å². The molecule has 0 radical (unpaired) electrons. The molecule has 1 saturated heterocycles. The van der Waals surface area contributed by atoms with Crippen molar-refractivity contribution in [3.63, 3.8) is 0 Å².